The first-order chi connectivity index (χ1) is 12.6. The van der Waals surface area contributed by atoms with Gasteiger partial charge in [0.25, 0.3) is 5.91 Å². The number of hydrazone groups is 1. The van der Waals surface area contributed by atoms with Crippen molar-refractivity contribution >= 4 is 28.9 Å². The highest BCUT2D eigenvalue weighted by atomic mass is 16.5. The summed E-state index contributed by atoms with van der Waals surface area (Å²) in [7, 11) is 0. The van der Waals surface area contributed by atoms with Crippen molar-refractivity contribution in [3.8, 4) is 5.75 Å². The van der Waals surface area contributed by atoms with Crippen LogP contribution in [0.25, 0.3) is 10.8 Å². The molecular formula is C20H16N2O4. The summed E-state index contributed by atoms with van der Waals surface area (Å²) in [6.07, 6.45) is 1.29. The molecule has 130 valence electrons. The molecule has 0 saturated carbocycles. The Labute approximate surface area is 149 Å². The number of carboxylic acids is 1. The molecule has 1 amide bonds. The van der Waals surface area contributed by atoms with Gasteiger partial charge in [-0.05, 0) is 29.0 Å². The molecule has 0 fully saturated rings. The molecule has 0 aliphatic carbocycles. The van der Waals surface area contributed by atoms with Crippen molar-refractivity contribution in [1.29, 1.82) is 0 Å². The lowest BCUT2D eigenvalue weighted by Crippen LogP contribution is -2.24. The van der Waals surface area contributed by atoms with Crippen LogP contribution in [0.4, 0.5) is 0 Å². The number of nitrogens with one attached hydrogen (secondary N) is 1. The zero-order chi connectivity index (χ0) is 18.4. The quantitative estimate of drug-likeness (QED) is 0.529. The molecule has 0 heterocycles. The third kappa shape index (κ3) is 4.24. The van der Waals surface area contributed by atoms with Crippen LogP contribution in [0, 0.1) is 0 Å². The summed E-state index contributed by atoms with van der Waals surface area (Å²) in [5, 5.41) is 15.0. The smallest absolute Gasteiger partial charge is 0.336 e. The zero-order valence-corrected chi connectivity index (χ0v) is 13.8. The van der Waals surface area contributed by atoms with E-state index >= 15 is 0 Å². The van der Waals surface area contributed by atoms with E-state index in [1.54, 1.807) is 24.3 Å². The van der Waals surface area contributed by atoms with E-state index in [-0.39, 0.29) is 12.2 Å². The van der Waals surface area contributed by atoms with Gasteiger partial charge in [-0.25, -0.2) is 10.2 Å². The molecule has 2 N–H and O–H groups in total. The summed E-state index contributed by atoms with van der Waals surface area (Å²) < 4.78 is 5.46. The predicted octanol–water partition coefficient (Wildman–Crippen LogP) is 3.07. The number of hydrogen-bond acceptors (Lipinski definition) is 4. The standard InChI is InChI=1S/C20H16N2O4/c23-19(22-21-12-16-7-3-4-8-18(16)20(24)25)13-26-17-10-9-14-5-1-2-6-15(14)11-17/h1-12H,13H2,(H,22,23)(H,24,25)/b21-12-. The van der Waals surface area contributed by atoms with E-state index in [1.807, 2.05) is 36.4 Å². The third-order valence-electron chi connectivity index (χ3n) is 3.67. The number of amides is 1. The highest BCUT2D eigenvalue weighted by Gasteiger charge is 2.07. The van der Waals surface area contributed by atoms with Gasteiger partial charge >= 0.3 is 5.97 Å². The van der Waals surface area contributed by atoms with E-state index in [4.69, 9.17) is 9.84 Å². The fourth-order valence-electron chi connectivity index (χ4n) is 2.42. The largest absolute Gasteiger partial charge is 0.484 e. The maximum atomic E-state index is 11.8. The van der Waals surface area contributed by atoms with Crippen LogP contribution in [0.3, 0.4) is 0 Å². The average molecular weight is 348 g/mol. The van der Waals surface area contributed by atoms with Crippen molar-refractivity contribution in [2.24, 2.45) is 5.10 Å². The van der Waals surface area contributed by atoms with Crippen molar-refractivity contribution in [2.75, 3.05) is 6.61 Å². The molecule has 3 rings (SSSR count). The maximum absolute atomic E-state index is 11.8. The van der Waals surface area contributed by atoms with Gasteiger partial charge in [-0.1, -0.05) is 48.5 Å². The fourth-order valence-corrected chi connectivity index (χ4v) is 2.42. The van der Waals surface area contributed by atoms with E-state index in [0.717, 1.165) is 10.8 Å². The van der Waals surface area contributed by atoms with Gasteiger partial charge in [0, 0.05) is 5.56 Å². The Hall–Kier alpha value is -3.67. The number of rotatable bonds is 6. The van der Waals surface area contributed by atoms with Gasteiger partial charge in [-0.3, -0.25) is 4.79 Å². The molecule has 0 radical (unpaired) electrons. The van der Waals surface area contributed by atoms with Crippen LogP contribution in [-0.4, -0.2) is 29.8 Å². The van der Waals surface area contributed by atoms with Crippen molar-refractivity contribution in [3.05, 3.63) is 77.9 Å². The summed E-state index contributed by atoms with van der Waals surface area (Å²) >= 11 is 0. The highest BCUT2D eigenvalue weighted by Crippen LogP contribution is 2.20. The lowest BCUT2D eigenvalue weighted by Gasteiger charge is -2.06. The molecule has 0 aliphatic heterocycles. The summed E-state index contributed by atoms with van der Waals surface area (Å²) in [6.45, 7) is -0.198. The summed E-state index contributed by atoms with van der Waals surface area (Å²) in [5.74, 6) is -0.917. The number of carbonyl (C=O) groups is 2. The Morgan fingerprint density at radius 3 is 2.54 bits per heavy atom. The number of ether oxygens (including phenoxy) is 1. The molecule has 0 atom stereocenters. The van der Waals surface area contributed by atoms with E-state index in [1.165, 1.54) is 12.3 Å². The number of carboxylic acid groups (broad SMARTS) is 1. The predicted molar refractivity (Wildman–Crippen MR) is 98.6 cm³/mol. The molecule has 6 nitrogen and oxygen atoms in total. The van der Waals surface area contributed by atoms with Crippen LogP contribution in [0.5, 0.6) is 5.75 Å². The Balaban J connectivity index is 1.56. The van der Waals surface area contributed by atoms with Gasteiger partial charge in [0.1, 0.15) is 5.75 Å². The number of aromatic carboxylic acids is 1. The van der Waals surface area contributed by atoms with E-state index in [9.17, 15) is 9.59 Å². The second-order valence-corrected chi connectivity index (χ2v) is 5.48. The molecule has 0 unspecified atom stereocenters. The minimum absolute atomic E-state index is 0.109. The second-order valence-electron chi connectivity index (χ2n) is 5.48. The maximum Gasteiger partial charge on any atom is 0.336 e. The Morgan fingerprint density at radius 2 is 1.73 bits per heavy atom. The summed E-state index contributed by atoms with van der Waals surface area (Å²) in [4.78, 5) is 22.9. The van der Waals surface area contributed by atoms with Gasteiger partial charge in [0.15, 0.2) is 6.61 Å². The molecule has 3 aromatic carbocycles. The normalized spacial score (nSPS) is 10.8. The van der Waals surface area contributed by atoms with Gasteiger partial charge < -0.3 is 9.84 Å². The van der Waals surface area contributed by atoms with Crippen molar-refractivity contribution in [2.45, 2.75) is 0 Å². The molecule has 0 aromatic heterocycles. The second kappa shape index (κ2) is 7.94. The minimum atomic E-state index is -1.06. The lowest BCUT2D eigenvalue weighted by molar-refractivity contribution is -0.123. The van der Waals surface area contributed by atoms with Crippen LogP contribution in [0.1, 0.15) is 15.9 Å². The minimum Gasteiger partial charge on any atom is -0.484 e. The summed E-state index contributed by atoms with van der Waals surface area (Å²) in [5.41, 5.74) is 2.83. The van der Waals surface area contributed by atoms with Crippen LogP contribution < -0.4 is 10.2 Å². The molecule has 3 aromatic rings. The first-order valence-electron chi connectivity index (χ1n) is 7.89. The van der Waals surface area contributed by atoms with Crippen LogP contribution in [-0.2, 0) is 4.79 Å². The number of nitrogens with zero attached hydrogens (tertiary/aromatic N) is 1. The molecule has 6 heteroatoms. The Bertz CT molecular complexity index is 982. The number of benzene rings is 3. The molecule has 0 saturated heterocycles. The van der Waals surface area contributed by atoms with Crippen LogP contribution in [0.15, 0.2) is 71.8 Å². The summed E-state index contributed by atoms with van der Waals surface area (Å²) in [6, 6.07) is 19.8. The molecular weight excluding hydrogens is 332 g/mol. The molecule has 0 aliphatic rings. The Kier molecular flexibility index (Phi) is 5.24. The SMILES string of the molecule is O=C(COc1ccc2ccccc2c1)N/N=C\c1ccccc1C(=O)O. The van der Waals surface area contributed by atoms with Crippen molar-refractivity contribution in [1.82, 2.24) is 5.43 Å². The first-order valence-corrected chi connectivity index (χ1v) is 7.89. The van der Waals surface area contributed by atoms with Gasteiger partial charge in [-0.15, -0.1) is 0 Å². The van der Waals surface area contributed by atoms with Crippen LogP contribution in [0.2, 0.25) is 0 Å². The van der Waals surface area contributed by atoms with E-state index in [0.29, 0.717) is 11.3 Å². The third-order valence-corrected chi connectivity index (χ3v) is 3.67. The Morgan fingerprint density at radius 1 is 1.00 bits per heavy atom. The number of hydrogen-bond donors (Lipinski definition) is 2. The zero-order valence-electron chi connectivity index (χ0n) is 13.8. The number of fused-ring (bicyclic) bond motifs is 1. The molecule has 0 spiro atoms. The first kappa shape index (κ1) is 17.2. The van der Waals surface area contributed by atoms with Crippen LogP contribution >= 0.6 is 0 Å². The van der Waals surface area contributed by atoms with Gasteiger partial charge in [0.05, 0.1) is 11.8 Å². The van der Waals surface area contributed by atoms with Gasteiger partial charge in [-0.2, -0.15) is 5.10 Å². The topological polar surface area (TPSA) is 88.0 Å². The highest BCUT2D eigenvalue weighted by molar-refractivity contribution is 5.98. The fraction of sp³-hybridized carbons (Fsp3) is 0.0500. The van der Waals surface area contributed by atoms with E-state index < -0.39 is 11.9 Å². The average Bonchev–Trinajstić information content (AvgIpc) is 2.66. The number of carbonyl (C=O) groups excluding carboxylic acids is 1. The van der Waals surface area contributed by atoms with Crippen molar-refractivity contribution in [3.63, 3.8) is 0 Å². The molecule has 26 heavy (non-hydrogen) atoms. The van der Waals surface area contributed by atoms with Crippen molar-refractivity contribution < 1.29 is 19.4 Å². The lowest BCUT2D eigenvalue weighted by atomic mass is 10.1. The monoisotopic (exact) mass is 348 g/mol. The van der Waals surface area contributed by atoms with E-state index in [2.05, 4.69) is 10.5 Å². The van der Waals surface area contributed by atoms with Gasteiger partial charge in [0.2, 0.25) is 0 Å². The molecule has 0 bridgehead atoms.